The van der Waals surface area contributed by atoms with Crippen LogP contribution < -0.4 is 0 Å². The lowest BCUT2D eigenvalue weighted by Gasteiger charge is -1.95. The van der Waals surface area contributed by atoms with Crippen molar-refractivity contribution in [1.82, 2.24) is 0 Å². The van der Waals surface area contributed by atoms with Crippen LogP contribution >= 0.6 is 11.9 Å². The van der Waals surface area contributed by atoms with E-state index in [1.54, 1.807) is 5.55 Å². The zero-order chi connectivity index (χ0) is 5.11. The largest absolute Gasteiger partial charge is 0.278 e. The minimum Gasteiger partial charge on any atom is -0.278 e. The second kappa shape index (κ2) is 2.12. The van der Waals surface area contributed by atoms with Crippen molar-refractivity contribution >= 4 is 23.2 Å². The van der Waals surface area contributed by atoms with E-state index in [1.165, 1.54) is 11.9 Å². The molecule has 1 aliphatic heterocycles. The minimum atomic E-state index is 0.785. The van der Waals surface area contributed by atoms with Crippen LogP contribution in [-0.4, -0.2) is 17.8 Å². The highest BCUT2D eigenvalue weighted by Crippen LogP contribution is 2.02. The molecule has 2 nitrogen and oxygen atoms in total. The summed E-state index contributed by atoms with van der Waals surface area (Å²) >= 11 is 1.40. The highest BCUT2D eigenvalue weighted by Gasteiger charge is 1.90. The maximum Gasteiger partial charge on any atom is 0.0783 e. The summed E-state index contributed by atoms with van der Waals surface area (Å²) < 4.78 is 4.01. The predicted molar refractivity (Wildman–Crippen MR) is 34.1 cm³/mol. The van der Waals surface area contributed by atoms with E-state index in [2.05, 4.69) is 9.39 Å². The van der Waals surface area contributed by atoms with Gasteiger partial charge in [-0.15, -0.1) is 0 Å². The van der Waals surface area contributed by atoms with Gasteiger partial charge in [-0.2, -0.15) is 0 Å². The maximum atomic E-state index is 4.01. The fraction of sp³-hybridized carbons (Fsp3) is 0.500. The van der Waals surface area contributed by atoms with Crippen LogP contribution in [0.1, 0.15) is 6.92 Å². The van der Waals surface area contributed by atoms with Crippen molar-refractivity contribution < 1.29 is 0 Å². The van der Waals surface area contributed by atoms with Gasteiger partial charge in [0.1, 0.15) is 0 Å². The number of aliphatic imine (C=N–C) groups is 1. The molecule has 1 aliphatic rings. The van der Waals surface area contributed by atoms with Gasteiger partial charge in [-0.05, 0) is 6.92 Å². The minimum absolute atomic E-state index is 0.785. The van der Waals surface area contributed by atoms with E-state index in [4.69, 9.17) is 0 Å². The van der Waals surface area contributed by atoms with Crippen LogP contribution in [0.4, 0.5) is 0 Å². The molecule has 0 aromatic heterocycles. The van der Waals surface area contributed by atoms with Crippen LogP contribution in [0.15, 0.2) is 9.39 Å². The van der Waals surface area contributed by atoms with Crippen LogP contribution in [0, 0.1) is 0 Å². The Kier molecular flexibility index (Phi) is 1.46. The summed E-state index contributed by atoms with van der Waals surface area (Å²) in [4.78, 5) is 3.97. The molecule has 0 saturated carbocycles. The topological polar surface area (TPSA) is 24.7 Å². The molecule has 1 heterocycles. The van der Waals surface area contributed by atoms with E-state index < -0.39 is 0 Å². The van der Waals surface area contributed by atoms with Gasteiger partial charge in [0.15, 0.2) is 0 Å². The Balaban J connectivity index is 2.50. The standard InChI is InChI=1S/C4H6N2S/c1-4-2-5-3-7-6-4/h3H,2H2,1H3. The fourth-order valence-corrected chi connectivity index (χ4v) is 0.771. The predicted octanol–water partition coefficient (Wildman–Crippen LogP) is 1.14. The number of nitrogens with zero attached hydrogens (tertiary/aromatic N) is 2. The lowest BCUT2D eigenvalue weighted by molar-refractivity contribution is 1.30. The van der Waals surface area contributed by atoms with Crippen LogP contribution in [0.3, 0.4) is 0 Å². The highest BCUT2D eigenvalue weighted by atomic mass is 32.2. The van der Waals surface area contributed by atoms with Gasteiger partial charge in [0.05, 0.1) is 12.1 Å². The summed E-state index contributed by atoms with van der Waals surface area (Å²) in [6.07, 6.45) is 0. The highest BCUT2D eigenvalue weighted by molar-refractivity contribution is 8.11. The number of rotatable bonds is 0. The average Bonchev–Trinajstić information content (AvgIpc) is 1.69. The van der Waals surface area contributed by atoms with Crippen molar-refractivity contribution in [3.8, 4) is 0 Å². The molecular formula is C4H6N2S. The molecule has 1 rings (SSSR count). The molecule has 0 saturated heterocycles. The first kappa shape index (κ1) is 4.84. The van der Waals surface area contributed by atoms with E-state index in [-0.39, 0.29) is 0 Å². The average molecular weight is 114 g/mol. The molecule has 0 N–H and O–H groups in total. The third-order valence-corrected chi connectivity index (χ3v) is 1.31. The van der Waals surface area contributed by atoms with Gasteiger partial charge in [0, 0.05) is 17.7 Å². The van der Waals surface area contributed by atoms with Crippen molar-refractivity contribution in [2.75, 3.05) is 6.54 Å². The van der Waals surface area contributed by atoms with Crippen molar-refractivity contribution in [2.24, 2.45) is 9.39 Å². The molecule has 0 amide bonds. The summed E-state index contributed by atoms with van der Waals surface area (Å²) in [5, 5.41) is 0. The molecule has 0 atom stereocenters. The Morgan fingerprint density at radius 2 is 2.71 bits per heavy atom. The molecular weight excluding hydrogens is 108 g/mol. The first-order chi connectivity index (χ1) is 3.39. The van der Waals surface area contributed by atoms with Crippen molar-refractivity contribution in [3.05, 3.63) is 0 Å². The van der Waals surface area contributed by atoms with Crippen molar-refractivity contribution in [2.45, 2.75) is 6.92 Å². The molecule has 0 fully saturated rings. The van der Waals surface area contributed by atoms with Crippen LogP contribution in [0.25, 0.3) is 0 Å². The normalized spacial score (nSPS) is 19.3. The third-order valence-electron chi connectivity index (χ3n) is 0.650. The smallest absolute Gasteiger partial charge is 0.0783 e. The van der Waals surface area contributed by atoms with Gasteiger partial charge in [-0.3, -0.25) is 4.99 Å². The molecule has 0 radical (unpaired) electrons. The van der Waals surface area contributed by atoms with Crippen molar-refractivity contribution in [1.29, 1.82) is 0 Å². The molecule has 0 aliphatic carbocycles. The molecule has 0 aromatic rings. The van der Waals surface area contributed by atoms with E-state index in [9.17, 15) is 0 Å². The Labute approximate surface area is 46.9 Å². The zero-order valence-electron chi connectivity index (χ0n) is 4.09. The first-order valence-electron chi connectivity index (χ1n) is 2.07. The SMILES string of the molecule is CC1=NSC=NC1. The van der Waals surface area contributed by atoms with Gasteiger partial charge in [0.2, 0.25) is 0 Å². The van der Waals surface area contributed by atoms with Crippen LogP contribution in [-0.2, 0) is 0 Å². The Morgan fingerprint density at radius 1 is 1.86 bits per heavy atom. The molecule has 0 unspecified atom stereocenters. The molecule has 0 bridgehead atoms. The first-order valence-corrected chi connectivity index (χ1v) is 2.91. The molecule has 7 heavy (non-hydrogen) atoms. The summed E-state index contributed by atoms with van der Waals surface area (Å²) in [7, 11) is 0. The van der Waals surface area contributed by atoms with Gasteiger partial charge in [0.25, 0.3) is 0 Å². The quantitative estimate of drug-likeness (QED) is 0.433. The van der Waals surface area contributed by atoms with E-state index in [0.717, 1.165) is 12.3 Å². The second-order valence-corrected chi connectivity index (χ2v) is 1.98. The summed E-state index contributed by atoms with van der Waals surface area (Å²) in [6, 6.07) is 0. The Hall–Kier alpha value is -0.310. The van der Waals surface area contributed by atoms with E-state index in [0.29, 0.717) is 0 Å². The Bertz CT molecular complexity index is 117. The lowest BCUT2D eigenvalue weighted by Crippen LogP contribution is -1.97. The van der Waals surface area contributed by atoms with Gasteiger partial charge in [-0.1, -0.05) is 0 Å². The zero-order valence-corrected chi connectivity index (χ0v) is 4.90. The fourth-order valence-electron chi connectivity index (χ4n) is 0.345. The van der Waals surface area contributed by atoms with Crippen LogP contribution in [0.5, 0.6) is 0 Å². The van der Waals surface area contributed by atoms with Gasteiger partial charge >= 0.3 is 0 Å². The lowest BCUT2D eigenvalue weighted by atomic mass is 10.4. The second-order valence-electron chi connectivity index (χ2n) is 1.38. The van der Waals surface area contributed by atoms with Crippen LogP contribution in [0.2, 0.25) is 0 Å². The number of hydrogen-bond acceptors (Lipinski definition) is 3. The maximum absolute atomic E-state index is 4.01. The molecule has 38 valence electrons. The summed E-state index contributed by atoms with van der Waals surface area (Å²) in [6.45, 7) is 2.76. The summed E-state index contributed by atoms with van der Waals surface area (Å²) in [5.74, 6) is 0. The van der Waals surface area contributed by atoms with E-state index >= 15 is 0 Å². The Morgan fingerprint density at radius 3 is 3.00 bits per heavy atom. The van der Waals surface area contributed by atoms with Crippen molar-refractivity contribution in [3.63, 3.8) is 0 Å². The monoisotopic (exact) mass is 114 g/mol. The molecule has 0 spiro atoms. The molecule has 3 heteroatoms. The number of hydrogen-bond donors (Lipinski definition) is 0. The third kappa shape index (κ3) is 1.31. The van der Waals surface area contributed by atoms with Gasteiger partial charge < -0.3 is 0 Å². The van der Waals surface area contributed by atoms with E-state index in [1.807, 2.05) is 6.92 Å². The van der Waals surface area contributed by atoms with Gasteiger partial charge in [-0.25, -0.2) is 4.40 Å². The molecule has 0 aromatic carbocycles. The summed E-state index contributed by atoms with van der Waals surface area (Å²) in [5.41, 5.74) is 2.86.